The van der Waals surface area contributed by atoms with Crippen LogP contribution in [0.4, 0.5) is 0 Å². The maximum Gasteiger partial charge on any atom is 0.333 e. The van der Waals surface area contributed by atoms with E-state index in [1.165, 1.54) is 7.11 Å². The van der Waals surface area contributed by atoms with Gasteiger partial charge in [-0.05, 0) is 0 Å². The lowest BCUT2D eigenvalue weighted by Crippen LogP contribution is -2.11. The summed E-state index contributed by atoms with van der Waals surface area (Å²) in [4.78, 5) is 21.6. The summed E-state index contributed by atoms with van der Waals surface area (Å²) in [5, 5.41) is 0. The molecule has 1 saturated heterocycles. The number of esters is 2. The average Bonchev–Trinajstić information content (AvgIpc) is 2.36. The van der Waals surface area contributed by atoms with Crippen LogP contribution < -0.4 is 0 Å². The summed E-state index contributed by atoms with van der Waals surface area (Å²) >= 11 is 0. The zero-order valence-electron chi connectivity index (χ0n) is 6.83. The quantitative estimate of drug-likeness (QED) is 0.441. The molecular formula is C8H10O4. The van der Waals surface area contributed by atoms with Gasteiger partial charge in [0.25, 0.3) is 0 Å². The lowest BCUT2D eigenvalue weighted by atomic mass is 10.0. The highest BCUT2D eigenvalue weighted by molar-refractivity contribution is 5.91. The van der Waals surface area contributed by atoms with Crippen molar-refractivity contribution in [3.8, 4) is 0 Å². The summed E-state index contributed by atoms with van der Waals surface area (Å²) in [5.74, 6) is -0.965. The molecule has 1 unspecified atom stereocenters. The number of rotatable bonds is 2. The van der Waals surface area contributed by atoms with Crippen molar-refractivity contribution in [2.45, 2.75) is 6.42 Å². The standard InChI is InChI=1S/C8H10O4/c1-5-6(3-7(9)11-2)4-12-8(5)10/h6H,1,3-4H2,2H3. The minimum absolute atomic E-state index is 0.168. The second-order valence-electron chi connectivity index (χ2n) is 2.60. The molecule has 1 rings (SSSR count). The Balaban J connectivity index is 2.50. The fourth-order valence-electron chi connectivity index (χ4n) is 1.00. The molecule has 0 saturated carbocycles. The van der Waals surface area contributed by atoms with Crippen molar-refractivity contribution in [3.05, 3.63) is 12.2 Å². The number of methoxy groups -OCH3 is 1. The molecule has 66 valence electrons. The summed E-state index contributed by atoms with van der Waals surface area (Å²) in [6.07, 6.45) is 0.168. The molecule has 0 aromatic heterocycles. The molecule has 0 aromatic rings. The first kappa shape index (κ1) is 8.77. The Kier molecular flexibility index (Phi) is 2.47. The summed E-state index contributed by atoms with van der Waals surface area (Å²) in [6.45, 7) is 3.76. The van der Waals surface area contributed by atoms with Crippen LogP contribution in [0.25, 0.3) is 0 Å². The van der Waals surface area contributed by atoms with Gasteiger partial charge in [0.05, 0.1) is 20.1 Å². The largest absolute Gasteiger partial charge is 0.469 e. The van der Waals surface area contributed by atoms with E-state index in [4.69, 9.17) is 0 Å². The molecule has 0 amide bonds. The van der Waals surface area contributed by atoms with E-state index in [9.17, 15) is 9.59 Å². The summed E-state index contributed by atoms with van der Waals surface area (Å²) in [7, 11) is 1.31. The fraction of sp³-hybridized carbons (Fsp3) is 0.500. The summed E-state index contributed by atoms with van der Waals surface area (Å²) in [6, 6.07) is 0. The Morgan fingerprint density at radius 3 is 2.92 bits per heavy atom. The van der Waals surface area contributed by atoms with Gasteiger partial charge in [-0.3, -0.25) is 4.79 Å². The number of ether oxygens (including phenoxy) is 2. The highest BCUT2D eigenvalue weighted by Gasteiger charge is 2.30. The molecule has 0 bridgehead atoms. The van der Waals surface area contributed by atoms with E-state index in [0.29, 0.717) is 5.57 Å². The smallest absolute Gasteiger partial charge is 0.333 e. The molecule has 1 aliphatic rings. The Morgan fingerprint density at radius 2 is 2.50 bits per heavy atom. The number of hydrogen-bond acceptors (Lipinski definition) is 4. The Hall–Kier alpha value is -1.32. The van der Waals surface area contributed by atoms with E-state index < -0.39 is 5.97 Å². The van der Waals surface area contributed by atoms with Gasteiger partial charge in [-0.2, -0.15) is 0 Å². The molecule has 1 aliphatic heterocycles. The van der Waals surface area contributed by atoms with Gasteiger partial charge in [-0.1, -0.05) is 6.58 Å². The first-order chi connectivity index (χ1) is 5.65. The zero-order valence-corrected chi connectivity index (χ0v) is 6.83. The van der Waals surface area contributed by atoms with Crippen molar-refractivity contribution in [2.24, 2.45) is 5.92 Å². The van der Waals surface area contributed by atoms with Gasteiger partial charge in [0.1, 0.15) is 0 Å². The third-order valence-corrected chi connectivity index (χ3v) is 1.81. The number of carbonyl (C=O) groups excluding carboxylic acids is 2. The number of hydrogen-bond donors (Lipinski definition) is 0. The monoisotopic (exact) mass is 170 g/mol. The average molecular weight is 170 g/mol. The molecular weight excluding hydrogens is 160 g/mol. The van der Waals surface area contributed by atoms with Crippen molar-refractivity contribution >= 4 is 11.9 Å². The highest BCUT2D eigenvalue weighted by Crippen LogP contribution is 2.22. The minimum Gasteiger partial charge on any atom is -0.469 e. The molecule has 0 aliphatic carbocycles. The van der Waals surface area contributed by atoms with Gasteiger partial charge < -0.3 is 9.47 Å². The van der Waals surface area contributed by atoms with Gasteiger partial charge in [-0.15, -0.1) is 0 Å². The van der Waals surface area contributed by atoms with Crippen molar-refractivity contribution < 1.29 is 19.1 Å². The van der Waals surface area contributed by atoms with Crippen molar-refractivity contribution in [1.29, 1.82) is 0 Å². The zero-order chi connectivity index (χ0) is 9.14. The van der Waals surface area contributed by atoms with Crippen molar-refractivity contribution in [3.63, 3.8) is 0 Å². The maximum absolute atomic E-state index is 10.8. The van der Waals surface area contributed by atoms with E-state index in [2.05, 4.69) is 16.1 Å². The van der Waals surface area contributed by atoms with Crippen LogP contribution in [0.5, 0.6) is 0 Å². The highest BCUT2D eigenvalue weighted by atomic mass is 16.5. The van der Waals surface area contributed by atoms with Crippen LogP contribution in [0.3, 0.4) is 0 Å². The van der Waals surface area contributed by atoms with E-state index in [-0.39, 0.29) is 24.9 Å². The fourth-order valence-corrected chi connectivity index (χ4v) is 1.00. The summed E-state index contributed by atoms with van der Waals surface area (Å²) < 4.78 is 9.13. The van der Waals surface area contributed by atoms with E-state index in [1.54, 1.807) is 0 Å². The molecule has 0 N–H and O–H groups in total. The van der Waals surface area contributed by atoms with Gasteiger partial charge in [0.2, 0.25) is 0 Å². The summed E-state index contributed by atoms with van der Waals surface area (Å²) in [5.41, 5.74) is 0.361. The molecule has 1 fully saturated rings. The molecule has 4 heteroatoms. The Morgan fingerprint density at radius 1 is 1.83 bits per heavy atom. The van der Waals surface area contributed by atoms with E-state index in [0.717, 1.165) is 0 Å². The normalized spacial score (nSPS) is 22.2. The predicted molar refractivity (Wildman–Crippen MR) is 40.2 cm³/mol. The van der Waals surface area contributed by atoms with Gasteiger partial charge >= 0.3 is 11.9 Å². The number of cyclic esters (lactones) is 1. The molecule has 0 spiro atoms. The molecule has 0 radical (unpaired) electrons. The lowest BCUT2D eigenvalue weighted by Gasteiger charge is -2.03. The van der Waals surface area contributed by atoms with Crippen LogP contribution in [0, 0.1) is 5.92 Å². The van der Waals surface area contributed by atoms with Crippen LogP contribution in [0.1, 0.15) is 6.42 Å². The Bertz CT molecular complexity index is 231. The third-order valence-electron chi connectivity index (χ3n) is 1.81. The van der Waals surface area contributed by atoms with Gasteiger partial charge in [0, 0.05) is 11.5 Å². The first-order valence-corrected chi connectivity index (χ1v) is 3.58. The predicted octanol–water partition coefficient (Wildman–Crippen LogP) is 0.279. The van der Waals surface area contributed by atoms with Crippen LogP contribution >= 0.6 is 0 Å². The van der Waals surface area contributed by atoms with Crippen LogP contribution in [0.2, 0.25) is 0 Å². The second-order valence-corrected chi connectivity index (χ2v) is 2.60. The van der Waals surface area contributed by atoms with E-state index in [1.807, 2.05) is 0 Å². The maximum atomic E-state index is 10.8. The van der Waals surface area contributed by atoms with E-state index >= 15 is 0 Å². The second kappa shape index (κ2) is 3.38. The van der Waals surface area contributed by atoms with Crippen molar-refractivity contribution in [2.75, 3.05) is 13.7 Å². The topological polar surface area (TPSA) is 52.6 Å². The SMILES string of the molecule is C=C1C(=O)OCC1CC(=O)OC. The Labute approximate surface area is 70.1 Å². The molecule has 1 atom stereocenters. The molecule has 0 aromatic carbocycles. The molecule has 4 nitrogen and oxygen atoms in total. The molecule has 12 heavy (non-hydrogen) atoms. The van der Waals surface area contributed by atoms with Crippen LogP contribution in [0.15, 0.2) is 12.2 Å². The van der Waals surface area contributed by atoms with Crippen molar-refractivity contribution in [1.82, 2.24) is 0 Å². The van der Waals surface area contributed by atoms with Crippen LogP contribution in [-0.2, 0) is 19.1 Å². The van der Waals surface area contributed by atoms with Gasteiger partial charge in [0.15, 0.2) is 0 Å². The van der Waals surface area contributed by atoms with Crippen LogP contribution in [-0.4, -0.2) is 25.7 Å². The third kappa shape index (κ3) is 1.64. The number of carbonyl (C=O) groups is 2. The lowest BCUT2D eigenvalue weighted by molar-refractivity contribution is -0.142. The first-order valence-electron chi connectivity index (χ1n) is 3.58. The minimum atomic E-state index is -0.413. The molecule has 1 heterocycles. The van der Waals surface area contributed by atoms with Gasteiger partial charge in [-0.25, -0.2) is 4.79 Å².